The van der Waals surface area contributed by atoms with Crippen molar-refractivity contribution in [1.29, 1.82) is 0 Å². The number of amides is 3. The Bertz CT molecular complexity index is 384. The lowest BCUT2D eigenvalue weighted by molar-refractivity contribution is 0.0762. The molecular weight excluding hydrogens is 198 g/mol. The summed E-state index contributed by atoms with van der Waals surface area (Å²) in [5.74, 6) is -0.0409. The molecule has 0 aliphatic heterocycles. The minimum absolute atomic E-state index is 0.0833. The van der Waals surface area contributed by atoms with E-state index in [0.717, 1.165) is 4.90 Å². The molecule has 3 amide bonds. The Labute approximate surface area is 87.0 Å². The van der Waals surface area contributed by atoms with Gasteiger partial charge in [0, 0.05) is 12.1 Å². The van der Waals surface area contributed by atoms with Crippen LogP contribution < -0.4 is 5.73 Å². The Kier molecular flexibility index (Phi) is 3.08. The number of urea groups is 1. The molecule has 82 valence electrons. The minimum atomic E-state index is -0.796. The van der Waals surface area contributed by atoms with Gasteiger partial charge < -0.3 is 10.3 Å². The van der Waals surface area contributed by atoms with Crippen molar-refractivity contribution in [3.63, 3.8) is 0 Å². The van der Waals surface area contributed by atoms with Crippen LogP contribution in [-0.2, 0) is 0 Å². The summed E-state index contributed by atoms with van der Waals surface area (Å²) in [5.41, 5.74) is 5.17. The maximum absolute atomic E-state index is 11.7. The molecule has 0 aliphatic rings. The summed E-state index contributed by atoms with van der Waals surface area (Å²) < 4.78 is 4.75. The average Bonchev–Trinajstić information content (AvgIpc) is 2.50. The van der Waals surface area contributed by atoms with Crippen molar-refractivity contribution < 1.29 is 14.1 Å². The third-order valence-electron chi connectivity index (χ3n) is 1.82. The fourth-order valence-electron chi connectivity index (χ4n) is 1.18. The molecule has 6 nitrogen and oxygen atoms in total. The number of aromatic nitrogens is 1. The van der Waals surface area contributed by atoms with Gasteiger partial charge in [-0.25, -0.2) is 4.79 Å². The zero-order valence-corrected chi connectivity index (χ0v) is 8.85. The van der Waals surface area contributed by atoms with E-state index in [4.69, 9.17) is 10.3 Å². The van der Waals surface area contributed by atoms with Crippen molar-refractivity contribution in [3.8, 4) is 0 Å². The number of carbonyl (C=O) groups excluding carboxylic acids is 2. The molecule has 0 saturated heterocycles. The van der Waals surface area contributed by atoms with E-state index < -0.39 is 11.9 Å². The van der Waals surface area contributed by atoms with Crippen LogP contribution in [0.3, 0.4) is 0 Å². The molecule has 0 aromatic carbocycles. The lowest BCUT2D eigenvalue weighted by Gasteiger charge is -2.20. The smallest absolute Gasteiger partial charge is 0.322 e. The van der Waals surface area contributed by atoms with Crippen LogP contribution in [0.2, 0.25) is 0 Å². The number of hydrogen-bond donors (Lipinski definition) is 1. The van der Waals surface area contributed by atoms with Crippen LogP contribution in [0.25, 0.3) is 0 Å². The quantitative estimate of drug-likeness (QED) is 0.787. The predicted molar refractivity (Wildman–Crippen MR) is 52.1 cm³/mol. The van der Waals surface area contributed by atoms with Crippen LogP contribution in [0.1, 0.15) is 30.1 Å². The Hall–Kier alpha value is -1.85. The van der Waals surface area contributed by atoms with Gasteiger partial charge in [-0.2, -0.15) is 0 Å². The highest BCUT2D eigenvalue weighted by Crippen LogP contribution is 2.08. The van der Waals surface area contributed by atoms with Gasteiger partial charge in [0.2, 0.25) is 0 Å². The van der Waals surface area contributed by atoms with Crippen molar-refractivity contribution >= 4 is 11.9 Å². The van der Waals surface area contributed by atoms with Crippen LogP contribution in [-0.4, -0.2) is 28.0 Å². The van der Waals surface area contributed by atoms with Gasteiger partial charge in [0.25, 0.3) is 5.91 Å². The molecule has 0 spiro atoms. The van der Waals surface area contributed by atoms with Crippen LogP contribution in [0, 0.1) is 6.92 Å². The van der Waals surface area contributed by atoms with E-state index in [1.165, 1.54) is 6.07 Å². The summed E-state index contributed by atoms with van der Waals surface area (Å²) in [7, 11) is 0. The highest BCUT2D eigenvalue weighted by molar-refractivity contribution is 6.02. The van der Waals surface area contributed by atoms with Gasteiger partial charge in [-0.05, 0) is 20.8 Å². The van der Waals surface area contributed by atoms with Crippen LogP contribution in [0.4, 0.5) is 4.79 Å². The lowest BCUT2D eigenvalue weighted by Crippen LogP contribution is -2.45. The van der Waals surface area contributed by atoms with Gasteiger partial charge in [0.05, 0.1) is 0 Å². The van der Waals surface area contributed by atoms with E-state index in [0.29, 0.717) is 5.76 Å². The van der Waals surface area contributed by atoms with Crippen molar-refractivity contribution in [2.24, 2.45) is 5.73 Å². The highest BCUT2D eigenvalue weighted by Gasteiger charge is 2.25. The number of primary amides is 1. The first-order valence-corrected chi connectivity index (χ1v) is 4.49. The molecule has 6 heteroatoms. The summed E-state index contributed by atoms with van der Waals surface area (Å²) in [5, 5.41) is 3.53. The molecule has 2 N–H and O–H groups in total. The fraction of sp³-hybridized carbons (Fsp3) is 0.444. The number of carbonyl (C=O) groups is 2. The third kappa shape index (κ3) is 2.34. The number of imide groups is 1. The lowest BCUT2D eigenvalue weighted by atomic mass is 10.3. The predicted octanol–water partition coefficient (Wildman–Crippen LogP) is 0.912. The summed E-state index contributed by atoms with van der Waals surface area (Å²) in [6.45, 7) is 5.04. The highest BCUT2D eigenvalue weighted by atomic mass is 16.5. The fourth-order valence-corrected chi connectivity index (χ4v) is 1.18. The van der Waals surface area contributed by atoms with E-state index in [2.05, 4.69) is 5.16 Å². The average molecular weight is 211 g/mol. The number of hydrogen-bond acceptors (Lipinski definition) is 4. The topological polar surface area (TPSA) is 89.4 Å². The zero-order chi connectivity index (χ0) is 11.6. The summed E-state index contributed by atoms with van der Waals surface area (Å²) in [4.78, 5) is 23.7. The van der Waals surface area contributed by atoms with E-state index >= 15 is 0 Å². The van der Waals surface area contributed by atoms with Crippen LogP contribution in [0.15, 0.2) is 10.6 Å². The van der Waals surface area contributed by atoms with E-state index in [9.17, 15) is 9.59 Å². The van der Waals surface area contributed by atoms with Gasteiger partial charge in [-0.15, -0.1) is 0 Å². The minimum Gasteiger partial charge on any atom is -0.361 e. The molecule has 1 rings (SSSR count). The zero-order valence-electron chi connectivity index (χ0n) is 8.85. The number of nitrogens with two attached hydrogens (primary N) is 1. The Morgan fingerprint density at radius 2 is 2.13 bits per heavy atom. The van der Waals surface area contributed by atoms with Crippen LogP contribution in [0.5, 0.6) is 0 Å². The molecule has 15 heavy (non-hydrogen) atoms. The number of nitrogens with zero attached hydrogens (tertiary/aromatic N) is 2. The van der Waals surface area contributed by atoms with Crippen molar-refractivity contribution in [2.45, 2.75) is 26.8 Å². The van der Waals surface area contributed by atoms with Gasteiger partial charge in [0.15, 0.2) is 5.69 Å². The van der Waals surface area contributed by atoms with Crippen molar-refractivity contribution in [1.82, 2.24) is 10.1 Å². The van der Waals surface area contributed by atoms with E-state index in [1.807, 2.05) is 0 Å². The maximum Gasteiger partial charge on any atom is 0.322 e. The SMILES string of the molecule is Cc1cc(C(=O)N(C(N)=O)C(C)C)no1. The molecular formula is C9H13N3O3. The van der Waals surface area contributed by atoms with E-state index in [-0.39, 0.29) is 11.7 Å². The Morgan fingerprint density at radius 1 is 1.53 bits per heavy atom. The molecule has 0 aliphatic carbocycles. The molecule has 0 fully saturated rings. The van der Waals surface area contributed by atoms with Gasteiger partial charge >= 0.3 is 6.03 Å². The Morgan fingerprint density at radius 3 is 2.47 bits per heavy atom. The summed E-state index contributed by atoms with van der Waals surface area (Å²) in [6.07, 6.45) is 0. The summed E-state index contributed by atoms with van der Waals surface area (Å²) >= 11 is 0. The molecule has 0 bridgehead atoms. The first-order chi connectivity index (χ1) is 6.93. The Balaban J connectivity index is 2.96. The third-order valence-corrected chi connectivity index (χ3v) is 1.82. The van der Waals surface area contributed by atoms with E-state index in [1.54, 1.807) is 20.8 Å². The van der Waals surface area contributed by atoms with Gasteiger partial charge in [-0.1, -0.05) is 5.16 Å². The molecule has 1 aromatic heterocycles. The molecule has 0 radical (unpaired) electrons. The summed E-state index contributed by atoms with van der Waals surface area (Å²) in [6, 6.07) is 0.350. The largest absolute Gasteiger partial charge is 0.361 e. The second kappa shape index (κ2) is 4.12. The molecule has 0 unspecified atom stereocenters. The first-order valence-electron chi connectivity index (χ1n) is 4.49. The van der Waals surface area contributed by atoms with Gasteiger partial charge in [0.1, 0.15) is 5.76 Å². The van der Waals surface area contributed by atoms with Crippen molar-refractivity contribution in [3.05, 3.63) is 17.5 Å². The molecule has 1 aromatic rings. The number of aryl methyl sites for hydroxylation is 1. The molecule has 0 saturated carbocycles. The first kappa shape index (κ1) is 11.2. The molecule has 0 atom stereocenters. The van der Waals surface area contributed by atoms with Crippen molar-refractivity contribution in [2.75, 3.05) is 0 Å². The maximum atomic E-state index is 11.7. The second-order valence-electron chi connectivity index (χ2n) is 3.43. The standard InChI is InChI=1S/C9H13N3O3/c1-5(2)12(9(10)14)8(13)7-4-6(3)15-11-7/h4-5H,1-3H3,(H2,10,14). The second-order valence-corrected chi connectivity index (χ2v) is 3.43. The van der Waals surface area contributed by atoms with Gasteiger partial charge in [-0.3, -0.25) is 9.69 Å². The number of rotatable bonds is 2. The monoisotopic (exact) mass is 211 g/mol. The molecule has 1 heterocycles. The van der Waals surface area contributed by atoms with Crippen LogP contribution >= 0.6 is 0 Å². The normalized spacial score (nSPS) is 10.4.